The van der Waals surface area contributed by atoms with E-state index in [2.05, 4.69) is 15.2 Å². The van der Waals surface area contributed by atoms with Crippen LogP contribution in [-0.4, -0.2) is 76.6 Å². The molecule has 1 saturated heterocycles. The first kappa shape index (κ1) is 20.9. The molecule has 8 nitrogen and oxygen atoms in total. The topological polar surface area (TPSA) is 82.2 Å². The van der Waals surface area contributed by atoms with E-state index in [9.17, 15) is 4.79 Å². The number of benzene rings is 1. The minimum Gasteiger partial charge on any atom is -0.493 e. The van der Waals surface area contributed by atoms with E-state index in [0.29, 0.717) is 35.1 Å². The van der Waals surface area contributed by atoms with Crippen LogP contribution in [0, 0.1) is 0 Å². The number of nitrogens with one attached hydrogen (secondary N) is 1. The van der Waals surface area contributed by atoms with Crippen molar-refractivity contribution in [2.24, 2.45) is 0 Å². The molecule has 1 aliphatic heterocycles. The second kappa shape index (κ2) is 10.1. The van der Waals surface area contributed by atoms with Crippen LogP contribution < -0.4 is 14.8 Å². The average Bonchev–Trinajstić information content (AvgIpc) is 2.78. The predicted octanol–water partition coefficient (Wildman–Crippen LogP) is 2.30. The van der Waals surface area contributed by atoms with Crippen LogP contribution in [0.25, 0.3) is 11.3 Å². The number of carbonyl (C=O) groups is 1. The predicted molar refractivity (Wildman–Crippen MR) is 110 cm³/mol. The second-order valence-electron chi connectivity index (χ2n) is 6.53. The molecule has 0 amide bonds. The molecule has 1 aromatic carbocycles. The van der Waals surface area contributed by atoms with Crippen LogP contribution >= 0.6 is 0 Å². The van der Waals surface area contributed by atoms with Gasteiger partial charge in [0.1, 0.15) is 11.4 Å². The second-order valence-corrected chi connectivity index (χ2v) is 6.53. The summed E-state index contributed by atoms with van der Waals surface area (Å²) in [7, 11) is 4.55. The molecule has 2 heterocycles. The van der Waals surface area contributed by atoms with Crippen molar-refractivity contribution in [1.29, 1.82) is 0 Å². The Morgan fingerprint density at radius 2 is 1.86 bits per heavy atom. The van der Waals surface area contributed by atoms with Crippen LogP contribution in [0.3, 0.4) is 0 Å². The number of rotatable bonds is 8. The standard InChI is InChI=1S/C21H27N3O5/c1-26-18-7-4-15(14-19(18)27-2)17-6-5-16(21(25)28-3)20(23-17)22-8-9-24-10-12-29-13-11-24/h4-7,14H,8-13H2,1-3H3,(H,22,23). The lowest BCUT2D eigenvalue weighted by Gasteiger charge is -2.26. The highest BCUT2D eigenvalue weighted by atomic mass is 16.5. The Kier molecular flexibility index (Phi) is 7.26. The van der Waals surface area contributed by atoms with Gasteiger partial charge in [-0.2, -0.15) is 0 Å². The fourth-order valence-corrected chi connectivity index (χ4v) is 3.18. The van der Waals surface area contributed by atoms with E-state index < -0.39 is 5.97 Å². The van der Waals surface area contributed by atoms with Crippen LogP contribution in [-0.2, 0) is 9.47 Å². The molecule has 1 aromatic heterocycles. The van der Waals surface area contributed by atoms with Gasteiger partial charge in [-0.15, -0.1) is 0 Å². The Balaban J connectivity index is 1.82. The fraction of sp³-hybridized carbons (Fsp3) is 0.429. The van der Waals surface area contributed by atoms with Crippen LogP contribution in [0.15, 0.2) is 30.3 Å². The molecule has 156 valence electrons. The minimum absolute atomic E-state index is 0.402. The first-order chi connectivity index (χ1) is 14.2. The number of nitrogens with zero attached hydrogens (tertiary/aromatic N) is 2. The van der Waals surface area contributed by atoms with Gasteiger partial charge in [0.15, 0.2) is 11.5 Å². The zero-order valence-electron chi connectivity index (χ0n) is 17.1. The molecular weight excluding hydrogens is 374 g/mol. The summed E-state index contributed by atoms with van der Waals surface area (Å²) in [6.07, 6.45) is 0. The van der Waals surface area contributed by atoms with Gasteiger partial charge in [-0.1, -0.05) is 0 Å². The molecule has 8 heteroatoms. The number of aromatic nitrogens is 1. The highest BCUT2D eigenvalue weighted by Crippen LogP contribution is 2.32. The lowest BCUT2D eigenvalue weighted by molar-refractivity contribution is 0.0398. The third-order valence-electron chi connectivity index (χ3n) is 4.80. The lowest BCUT2D eigenvalue weighted by Crippen LogP contribution is -2.39. The maximum Gasteiger partial charge on any atom is 0.341 e. The zero-order chi connectivity index (χ0) is 20.6. The van der Waals surface area contributed by atoms with Crippen molar-refractivity contribution >= 4 is 11.8 Å². The van der Waals surface area contributed by atoms with Gasteiger partial charge in [-0.05, 0) is 30.3 Å². The molecule has 0 radical (unpaired) electrons. The van der Waals surface area contributed by atoms with E-state index in [1.807, 2.05) is 18.2 Å². The fourth-order valence-electron chi connectivity index (χ4n) is 3.18. The molecule has 1 fully saturated rings. The van der Waals surface area contributed by atoms with Crippen molar-refractivity contribution in [3.05, 3.63) is 35.9 Å². The minimum atomic E-state index is -0.426. The van der Waals surface area contributed by atoms with E-state index in [-0.39, 0.29) is 0 Å². The Bertz CT molecular complexity index is 837. The van der Waals surface area contributed by atoms with E-state index >= 15 is 0 Å². The lowest BCUT2D eigenvalue weighted by atomic mass is 10.1. The number of hydrogen-bond acceptors (Lipinski definition) is 8. The van der Waals surface area contributed by atoms with Gasteiger partial charge >= 0.3 is 5.97 Å². The number of esters is 1. The number of anilines is 1. The smallest absolute Gasteiger partial charge is 0.341 e. The van der Waals surface area contributed by atoms with Crippen molar-refractivity contribution in [2.75, 3.05) is 66.0 Å². The summed E-state index contributed by atoms with van der Waals surface area (Å²) in [6.45, 7) is 4.81. The van der Waals surface area contributed by atoms with Crippen molar-refractivity contribution in [3.8, 4) is 22.8 Å². The molecule has 1 aliphatic rings. The summed E-state index contributed by atoms with van der Waals surface area (Å²) in [5.41, 5.74) is 1.97. The first-order valence-corrected chi connectivity index (χ1v) is 9.52. The van der Waals surface area contributed by atoms with Crippen molar-refractivity contribution in [1.82, 2.24) is 9.88 Å². The van der Waals surface area contributed by atoms with Gasteiger partial charge in [0.05, 0.1) is 40.2 Å². The summed E-state index contributed by atoms with van der Waals surface area (Å²) in [4.78, 5) is 19.2. The van der Waals surface area contributed by atoms with Crippen LogP contribution in [0.4, 0.5) is 5.82 Å². The summed E-state index contributed by atoms with van der Waals surface area (Å²) in [6, 6.07) is 9.10. The highest BCUT2D eigenvalue weighted by molar-refractivity contribution is 5.95. The van der Waals surface area contributed by atoms with Gasteiger partial charge in [0, 0.05) is 31.7 Å². The normalized spacial score (nSPS) is 14.3. The monoisotopic (exact) mass is 401 g/mol. The Morgan fingerprint density at radius 3 is 2.55 bits per heavy atom. The average molecular weight is 401 g/mol. The number of methoxy groups -OCH3 is 3. The molecule has 1 N–H and O–H groups in total. The Morgan fingerprint density at radius 1 is 1.10 bits per heavy atom. The number of hydrogen-bond donors (Lipinski definition) is 1. The molecule has 3 rings (SSSR count). The van der Waals surface area contributed by atoms with E-state index in [1.165, 1.54) is 7.11 Å². The van der Waals surface area contributed by atoms with Gasteiger partial charge < -0.3 is 24.3 Å². The van der Waals surface area contributed by atoms with Crippen LogP contribution in [0.2, 0.25) is 0 Å². The quantitative estimate of drug-likeness (QED) is 0.675. The van der Waals surface area contributed by atoms with Gasteiger partial charge in [0.25, 0.3) is 0 Å². The summed E-state index contributed by atoms with van der Waals surface area (Å²) in [5.74, 6) is 1.33. The maximum atomic E-state index is 12.2. The molecule has 0 unspecified atom stereocenters. The molecule has 0 bridgehead atoms. The maximum absolute atomic E-state index is 12.2. The first-order valence-electron chi connectivity index (χ1n) is 9.52. The summed E-state index contributed by atoms with van der Waals surface area (Å²) < 4.78 is 21.0. The highest BCUT2D eigenvalue weighted by Gasteiger charge is 2.16. The Labute approximate surface area is 170 Å². The third kappa shape index (κ3) is 5.16. The SMILES string of the molecule is COC(=O)c1ccc(-c2ccc(OC)c(OC)c2)nc1NCCN1CCOCC1. The van der Waals surface area contributed by atoms with Crippen molar-refractivity contribution in [2.45, 2.75) is 0 Å². The van der Waals surface area contributed by atoms with Crippen LogP contribution in [0.5, 0.6) is 11.5 Å². The number of pyridine rings is 1. The molecule has 0 saturated carbocycles. The largest absolute Gasteiger partial charge is 0.493 e. The van der Waals surface area contributed by atoms with Gasteiger partial charge in [-0.3, -0.25) is 4.90 Å². The summed E-state index contributed by atoms with van der Waals surface area (Å²) in [5, 5.41) is 3.29. The number of morpholine rings is 1. The van der Waals surface area contributed by atoms with Crippen molar-refractivity contribution in [3.63, 3.8) is 0 Å². The van der Waals surface area contributed by atoms with Crippen molar-refractivity contribution < 1.29 is 23.7 Å². The van der Waals surface area contributed by atoms with Gasteiger partial charge in [0.2, 0.25) is 0 Å². The number of carbonyl (C=O) groups excluding carboxylic acids is 1. The molecule has 0 aliphatic carbocycles. The van der Waals surface area contributed by atoms with E-state index in [0.717, 1.165) is 38.4 Å². The molecule has 29 heavy (non-hydrogen) atoms. The van der Waals surface area contributed by atoms with Gasteiger partial charge in [-0.25, -0.2) is 9.78 Å². The summed E-state index contributed by atoms with van der Waals surface area (Å²) >= 11 is 0. The number of ether oxygens (including phenoxy) is 4. The molecule has 2 aromatic rings. The molecule has 0 spiro atoms. The molecular formula is C21H27N3O5. The van der Waals surface area contributed by atoms with E-state index in [4.69, 9.17) is 18.9 Å². The Hall–Kier alpha value is -2.84. The van der Waals surface area contributed by atoms with Crippen LogP contribution in [0.1, 0.15) is 10.4 Å². The zero-order valence-corrected chi connectivity index (χ0v) is 17.1. The third-order valence-corrected chi connectivity index (χ3v) is 4.80. The van der Waals surface area contributed by atoms with E-state index in [1.54, 1.807) is 26.4 Å². The molecule has 0 atom stereocenters.